The maximum absolute atomic E-state index is 11.3. The molecule has 0 spiro atoms. The van der Waals surface area contributed by atoms with Crippen molar-refractivity contribution in [3.63, 3.8) is 0 Å². The average Bonchev–Trinajstić information content (AvgIpc) is 2.61. The minimum Gasteiger partial charge on any atom is -0.462 e. The summed E-state index contributed by atoms with van der Waals surface area (Å²) < 4.78 is 4.91. The molecule has 0 radical (unpaired) electrons. The molecule has 1 heterocycles. The molecule has 3 heteroatoms. The first-order chi connectivity index (χ1) is 6.31. The van der Waals surface area contributed by atoms with Crippen LogP contribution in [0.2, 0.25) is 0 Å². The lowest BCUT2D eigenvalue weighted by Crippen LogP contribution is -2.01. The number of esters is 1. The van der Waals surface area contributed by atoms with Gasteiger partial charge in [-0.1, -0.05) is 12.2 Å². The Balaban J connectivity index is 2.23. The van der Waals surface area contributed by atoms with Crippen molar-refractivity contribution in [2.45, 2.75) is 13.3 Å². The Morgan fingerprint density at radius 1 is 1.69 bits per heavy atom. The van der Waals surface area contributed by atoms with Crippen LogP contribution < -0.4 is 0 Å². The molecule has 0 saturated heterocycles. The quantitative estimate of drug-likeness (QED) is 0.676. The number of carbonyl (C=O) groups excluding carboxylic acids is 1. The first kappa shape index (κ1) is 8.51. The first-order valence-electron chi connectivity index (χ1n) is 4.27. The van der Waals surface area contributed by atoms with Gasteiger partial charge in [-0.25, -0.2) is 4.79 Å². The molecule has 1 aromatic heterocycles. The molecule has 0 aromatic carbocycles. The van der Waals surface area contributed by atoms with Gasteiger partial charge in [0.1, 0.15) is 4.88 Å². The molecule has 0 saturated carbocycles. The molecule has 2 nitrogen and oxygen atoms in total. The molecule has 0 aliphatic heterocycles. The number of ether oxygens (including phenoxy) is 1. The summed E-state index contributed by atoms with van der Waals surface area (Å²) in [6, 6.07) is 1.90. The van der Waals surface area contributed by atoms with E-state index >= 15 is 0 Å². The van der Waals surface area contributed by atoms with Crippen LogP contribution in [-0.2, 0) is 11.2 Å². The summed E-state index contributed by atoms with van der Waals surface area (Å²) in [5.74, 6) is -0.199. The van der Waals surface area contributed by atoms with Gasteiger partial charge in [-0.15, -0.1) is 11.3 Å². The van der Waals surface area contributed by atoms with Crippen LogP contribution in [-0.4, -0.2) is 12.6 Å². The summed E-state index contributed by atoms with van der Waals surface area (Å²) in [4.78, 5) is 13.3. The van der Waals surface area contributed by atoms with Gasteiger partial charge in [0.25, 0.3) is 0 Å². The Morgan fingerprint density at radius 2 is 2.54 bits per heavy atom. The second-order valence-electron chi connectivity index (χ2n) is 2.82. The van der Waals surface area contributed by atoms with Crippen LogP contribution in [0.4, 0.5) is 0 Å². The molecular weight excluding hydrogens is 184 g/mol. The molecule has 2 rings (SSSR count). The van der Waals surface area contributed by atoms with E-state index in [1.165, 1.54) is 21.8 Å². The van der Waals surface area contributed by atoms with E-state index in [1.807, 2.05) is 13.0 Å². The van der Waals surface area contributed by atoms with Crippen molar-refractivity contribution in [3.8, 4) is 0 Å². The number of allylic oxidation sites excluding steroid dienone is 1. The SMILES string of the molecule is CCOC(=O)c1cc2c(s1)CC=C2. The zero-order chi connectivity index (χ0) is 9.26. The molecule has 1 aromatic rings. The van der Waals surface area contributed by atoms with Gasteiger partial charge < -0.3 is 4.74 Å². The van der Waals surface area contributed by atoms with Gasteiger partial charge in [0, 0.05) is 11.3 Å². The second kappa shape index (κ2) is 3.34. The minimum absolute atomic E-state index is 0.199. The molecule has 0 amide bonds. The lowest BCUT2D eigenvalue weighted by Gasteiger charge is -1.96. The Kier molecular flexibility index (Phi) is 2.19. The fourth-order valence-corrected chi connectivity index (χ4v) is 2.36. The number of rotatable bonds is 2. The number of hydrogen-bond acceptors (Lipinski definition) is 3. The summed E-state index contributed by atoms with van der Waals surface area (Å²) in [6.07, 6.45) is 5.12. The lowest BCUT2D eigenvalue weighted by atomic mass is 10.3. The van der Waals surface area contributed by atoms with E-state index in [4.69, 9.17) is 4.74 Å². The smallest absolute Gasteiger partial charge is 0.348 e. The van der Waals surface area contributed by atoms with Crippen molar-refractivity contribution in [1.29, 1.82) is 0 Å². The molecule has 0 N–H and O–H groups in total. The Morgan fingerprint density at radius 3 is 3.23 bits per heavy atom. The third-order valence-electron chi connectivity index (χ3n) is 1.92. The third kappa shape index (κ3) is 1.52. The van der Waals surface area contributed by atoms with Crippen LogP contribution in [0.15, 0.2) is 12.1 Å². The zero-order valence-corrected chi connectivity index (χ0v) is 8.19. The van der Waals surface area contributed by atoms with Crippen molar-refractivity contribution < 1.29 is 9.53 Å². The number of thiophene rings is 1. The van der Waals surface area contributed by atoms with Crippen LogP contribution in [0.5, 0.6) is 0 Å². The summed E-state index contributed by atoms with van der Waals surface area (Å²) in [7, 11) is 0. The van der Waals surface area contributed by atoms with Gasteiger partial charge >= 0.3 is 5.97 Å². The molecule has 68 valence electrons. The minimum atomic E-state index is -0.199. The van der Waals surface area contributed by atoms with E-state index in [9.17, 15) is 4.79 Å². The van der Waals surface area contributed by atoms with E-state index in [2.05, 4.69) is 12.2 Å². The fourth-order valence-electron chi connectivity index (χ4n) is 1.34. The molecule has 0 atom stereocenters. The van der Waals surface area contributed by atoms with E-state index in [0.717, 1.165) is 11.3 Å². The van der Waals surface area contributed by atoms with Crippen LogP contribution in [0.1, 0.15) is 27.0 Å². The highest BCUT2D eigenvalue weighted by Gasteiger charge is 2.15. The van der Waals surface area contributed by atoms with Crippen molar-refractivity contribution in [2.24, 2.45) is 0 Å². The third-order valence-corrected chi connectivity index (χ3v) is 3.07. The summed E-state index contributed by atoms with van der Waals surface area (Å²) in [5.41, 5.74) is 1.17. The first-order valence-corrected chi connectivity index (χ1v) is 5.09. The lowest BCUT2D eigenvalue weighted by molar-refractivity contribution is 0.0532. The topological polar surface area (TPSA) is 26.3 Å². The van der Waals surface area contributed by atoms with Gasteiger partial charge in [-0.05, 0) is 18.6 Å². The Hall–Kier alpha value is -1.09. The monoisotopic (exact) mass is 194 g/mol. The van der Waals surface area contributed by atoms with Gasteiger partial charge in [-0.2, -0.15) is 0 Å². The van der Waals surface area contributed by atoms with Crippen LogP contribution in [0, 0.1) is 0 Å². The van der Waals surface area contributed by atoms with Crippen molar-refractivity contribution >= 4 is 23.4 Å². The van der Waals surface area contributed by atoms with Gasteiger partial charge in [0.2, 0.25) is 0 Å². The number of fused-ring (bicyclic) bond motifs is 1. The highest BCUT2D eigenvalue weighted by atomic mass is 32.1. The van der Waals surface area contributed by atoms with Crippen molar-refractivity contribution in [3.05, 3.63) is 27.5 Å². The predicted octanol–water partition coefficient (Wildman–Crippen LogP) is 2.49. The maximum atomic E-state index is 11.3. The van der Waals surface area contributed by atoms with Crippen LogP contribution >= 0.6 is 11.3 Å². The number of hydrogen-bond donors (Lipinski definition) is 0. The van der Waals surface area contributed by atoms with E-state index in [-0.39, 0.29) is 5.97 Å². The largest absolute Gasteiger partial charge is 0.462 e. The summed E-state index contributed by atoms with van der Waals surface area (Å²) in [6.45, 7) is 2.26. The van der Waals surface area contributed by atoms with E-state index < -0.39 is 0 Å². The molecule has 13 heavy (non-hydrogen) atoms. The fraction of sp³-hybridized carbons (Fsp3) is 0.300. The normalized spacial score (nSPS) is 13.0. The predicted molar refractivity (Wildman–Crippen MR) is 53.0 cm³/mol. The average molecular weight is 194 g/mol. The summed E-state index contributed by atoms with van der Waals surface area (Å²) >= 11 is 1.53. The zero-order valence-electron chi connectivity index (χ0n) is 7.37. The Labute approximate surface area is 80.8 Å². The molecular formula is C10H10O2S. The van der Waals surface area contributed by atoms with Gasteiger partial charge in [0.05, 0.1) is 6.61 Å². The van der Waals surface area contributed by atoms with E-state index in [0.29, 0.717) is 6.61 Å². The second-order valence-corrected chi connectivity index (χ2v) is 3.95. The Bertz CT molecular complexity index is 363. The molecule has 0 unspecified atom stereocenters. The molecule has 1 aliphatic rings. The van der Waals surface area contributed by atoms with Gasteiger partial charge in [0.15, 0.2) is 0 Å². The van der Waals surface area contributed by atoms with Crippen molar-refractivity contribution in [1.82, 2.24) is 0 Å². The summed E-state index contributed by atoms with van der Waals surface area (Å²) in [5, 5.41) is 0. The van der Waals surface area contributed by atoms with Crippen LogP contribution in [0.25, 0.3) is 6.08 Å². The maximum Gasteiger partial charge on any atom is 0.348 e. The molecule has 0 fully saturated rings. The van der Waals surface area contributed by atoms with Gasteiger partial charge in [-0.3, -0.25) is 0 Å². The highest BCUT2D eigenvalue weighted by Crippen LogP contribution is 2.29. The number of carbonyl (C=O) groups is 1. The highest BCUT2D eigenvalue weighted by molar-refractivity contribution is 7.14. The molecule has 1 aliphatic carbocycles. The molecule has 0 bridgehead atoms. The van der Waals surface area contributed by atoms with E-state index in [1.54, 1.807) is 0 Å². The van der Waals surface area contributed by atoms with Crippen molar-refractivity contribution in [2.75, 3.05) is 6.61 Å². The van der Waals surface area contributed by atoms with Crippen LogP contribution in [0.3, 0.4) is 0 Å². The standard InChI is InChI=1S/C10H10O2S/c1-2-12-10(11)9-6-7-4-3-5-8(7)13-9/h3-4,6H,2,5H2,1H3.